The standard InChI is InChI=1S/C29H30BrNO8/c1-14(32)37-22-12-24(35-5)39-23(27(22)38-15(2)33)13-36-17-7-9-18-20(11-17)29(3,4)28-25(26(18)34)19-8-6-16(30)10-21(19)31-28/h6-11,22-24,27,31H,12-13H2,1-5H3/t22-,23-,24+,27+/m1/s1. The summed E-state index contributed by atoms with van der Waals surface area (Å²) in [5.74, 6) is -0.557. The van der Waals surface area contributed by atoms with Crippen molar-refractivity contribution in [2.75, 3.05) is 13.7 Å². The van der Waals surface area contributed by atoms with Gasteiger partial charge >= 0.3 is 11.9 Å². The second-order valence-corrected chi connectivity index (χ2v) is 11.3. The van der Waals surface area contributed by atoms with E-state index in [1.807, 2.05) is 24.3 Å². The number of hydrogen-bond acceptors (Lipinski definition) is 8. The highest BCUT2D eigenvalue weighted by Gasteiger charge is 2.44. The molecule has 39 heavy (non-hydrogen) atoms. The first-order valence-corrected chi connectivity index (χ1v) is 13.4. The Hall–Kier alpha value is -3.21. The number of rotatable bonds is 6. The van der Waals surface area contributed by atoms with Crippen LogP contribution in [-0.2, 0) is 34.0 Å². The lowest BCUT2D eigenvalue weighted by atomic mass is 9.71. The van der Waals surface area contributed by atoms with E-state index in [0.717, 1.165) is 26.6 Å². The van der Waals surface area contributed by atoms with Gasteiger partial charge in [-0.15, -0.1) is 0 Å². The van der Waals surface area contributed by atoms with Crippen molar-refractivity contribution >= 4 is 44.6 Å². The quantitative estimate of drug-likeness (QED) is 0.402. The van der Waals surface area contributed by atoms with Gasteiger partial charge in [-0.2, -0.15) is 0 Å². The molecule has 0 amide bonds. The van der Waals surface area contributed by atoms with Crippen LogP contribution >= 0.6 is 15.9 Å². The van der Waals surface area contributed by atoms with E-state index in [1.165, 1.54) is 21.0 Å². The van der Waals surface area contributed by atoms with Crippen molar-refractivity contribution in [3.05, 3.63) is 63.3 Å². The van der Waals surface area contributed by atoms with E-state index in [2.05, 4.69) is 34.8 Å². The third-order valence-electron chi connectivity index (χ3n) is 7.30. The maximum atomic E-state index is 13.6. The number of ether oxygens (including phenoxy) is 5. The molecule has 1 N–H and O–H groups in total. The fraction of sp³-hybridized carbons (Fsp3) is 0.414. The van der Waals surface area contributed by atoms with Gasteiger partial charge in [0.2, 0.25) is 0 Å². The number of halogens is 1. The smallest absolute Gasteiger partial charge is 0.303 e. The summed E-state index contributed by atoms with van der Waals surface area (Å²) in [4.78, 5) is 40.6. The van der Waals surface area contributed by atoms with Crippen molar-refractivity contribution in [1.29, 1.82) is 0 Å². The van der Waals surface area contributed by atoms with Gasteiger partial charge in [0.15, 0.2) is 18.2 Å². The Kier molecular flexibility index (Phi) is 7.30. The van der Waals surface area contributed by atoms with Crippen LogP contribution in [0.4, 0.5) is 0 Å². The number of carbonyl (C=O) groups excluding carboxylic acids is 3. The summed E-state index contributed by atoms with van der Waals surface area (Å²) in [6, 6.07) is 11.2. The average Bonchev–Trinajstić information content (AvgIpc) is 3.26. The van der Waals surface area contributed by atoms with Crippen LogP contribution in [-0.4, -0.2) is 61.0 Å². The highest BCUT2D eigenvalue weighted by Crippen LogP contribution is 2.45. The largest absolute Gasteiger partial charge is 0.491 e. The summed E-state index contributed by atoms with van der Waals surface area (Å²) < 4.78 is 29.3. The number of carbonyl (C=O) groups is 3. The molecule has 10 heteroatoms. The molecule has 4 atom stereocenters. The molecular weight excluding hydrogens is 570 g/mol. The van der Waals surface area contributed by atoms with Crippen LogP contribution in [0.1, 0.15) is 61.3 Å². The van der Waals surface area contributed by atoms with Crippen molar-refractivity contribution in [3.8, 4) is 5.75 Å². The molecule has 0 radical (unpaired) electrons. The van der Waals surface area contributed by atoms with Crippen LogP contribution in [0, 0.1) is 0 Å². The third kappa shape index (κ3) is 5.08. The van der Waals surface area contributed by atoms with Crippen LogP contribution in [0.2, 0.25) is 0 Å². The van der Waals surface area contributed by atoms with E-state index in [0.29, 0.717) is 16.9 Å². The number of H-pyrrole nitrogens is 1. The lowest BCUT2D eigenvalue weighted by molar-refractivity contribution is -0.257. The summed E-state index contributed by atoms with van der Waals surface area (Å²) in [7, 11) is 1.49. The molecule has 1 aromatic heterocycles. The van der Waals surface area contributed by atoms with Crippen molar-refractivity contribution in [3.63, 3.8) is 0 Å². The van der Waals surface area contributed by atoms with Crippen LogP contribution in [0.15, 0.2) is 40.9 Å². The van der Waals surface area contributed by atoms with Crippen LogP contribution < -0.4 is 4.74 Å². The van der Waals surface area contributed by atoms with Gasteiger partial charge in [-0.3, -0.25) is 14.4 Å². The predicted molar refractivity (Wildman–Crippen MR) is 145 cm³/mol. The normalized spacial score (nSPS) is 23.6. The Morgan fingerprint density at radius 2 is 1.85 bits per heavy atom. The van der Waals surface area contributed by atoms with Gasteiger partial charge in [-0.25, -0.2) is 0 Å². The Balaban J connectivity index is 1.43. The number of fused-ring (bicyclic) bond motifs is 4. The maximum Gasteiger partial charge on any atom is 0.303 e. The summed E-state index contributed by atoms with van der Waals surface area (Å²) in [6.07, 6.45) is -2.85. The lowest BCUT2D eigenvalue weighted by Crippen LogP contribution is -2.54. The molecule has 9 nitrogen and oxygen atoms in total. The Morgan fingerprint density at radius 3 is 2.54 bits per heavy atom. The van der Waals surface area contributed by atoms with Crippen LogP contribution in [0.3, 0.4) is 0 Å². The van der Waals surface area contributed by atoms with Gasteiger partial charge in [-0.05, 0) is 35.9 Å². The van der Waals surface area contributed by atoms with E-state index in [4.69, 9.17) is 23.7 Å². The summed E-state index contributed by atoms with van der Waals surface area (Å²) in [6.45, 7) is 6.71. The Labute approximate surface area is 234 Å². The number of esters is 2. The number of hydrogen-bond donors (Lipinski definition) is 1. The van der Waals surface area contributed by atoms with Crippen LogP contribution in [0.25, 0.3) is 10.9 Å². The Morgan fingerprint density at radius 1 is 1.10 bits per heavy atom. The zero-order valence-corrected chi connectivity index (χ0v) is 23.9. The SMILES string of the molecule is CO[C@@H]1C[C@@H](OC(C)=O)[C@H](OC(C)=O)[C@@H](COc2ccc3c(c2)C(C)(C)c2[nH]c4cc(Br)ccc4c2C3=O)O1. The van der Waals surface area contributed by atoms with E-state index in [9.17, 15) is 14.4 Å². The number of benzene rings is 2. The summed E-state index contributed by atoms with van der Waals surface area (Å²) >= 11 is 3.51. The minimum atomic E-state index is -0.873. The zero-order chi connectivity index (χ0) is 28.1. The van der Waals surface area contributed by atoms with Crippen LogP contribution in [0.5, 0.6) is 5.75 Å². The number of aromatic amines is 1. The molecule has 5 rings (SSSR count). The fourth-order valence-electron chi connectivity index (χ4n) is 5.50. The maximum absolute atomic E-state index is 13.6. The molecule has 2 aromatic carbocycles. The van der Waals surface area contributed by atoms with Gasteiger partial charge in [0.25, 0.3) is 0 Å². The van der Waals surface area contributed by atoms with Crippen molar-refractivity contribution in [1.82, 2.24) is 4.98 Å². The molecule has 0 saturated carbocycles. The molecule has 1 aliphatic carbocycles. The van der Waals surface area contributed by atoms with Gasteiger partial charge in [-0.1, -0.05) is 35.8 Å². The van der Waals surface area contributed by atoms with E-state index < -0.39 is 42.0 Å². The molecule has 206 valence electrons. The number of methoxy groups -OCH3 is 1. The van der Waals surface area contributed by atoms with E-state index >= 15 is 0 Å². The third-order valence-corrected chi connectivity index (χ3v) is 7.80. The molecule has 0 unspecified atom stereocenters. The first-order valence-electron chi connectivity index (χ1n) is 12.7. The monoisotopic (exact) mass is 599 g/mol. The highest BCUT2D eigenvalue weighted by atomic mass is 79.9. The van der Waals surface area contributed by atoms with Crippen molar-refractivity contribution in [2.45, 2.75) is 64.1 Å². The second-order valence-electron chi connectivity index (χ2n) is 10.3. The number of ketones is 1. The van der Waals surface area contributed by atoms with Gasteiger partial charge < -0.3 is 28.7 Å². The molecule has 3 aromatic rings. The second kappa shape index (κ2) is 10.4. The predicted octanol–water partition coefficient (Wildman–Crippen LogP) is 4.80. The highest BCUT2D eigenvalue weighted by molar-refractivity contribution is 9.10. The van der Waals surface area contributed by atoms with Crippen molar-refractivity contribution in [2.24, 2.45) is 0 Å². The molecule has 2 heterocycles. The molecule has 0 bridgehead atoms. The molecule has 1 fully saturated rings. The molecule has 2 aliphatic rings. The molecule has 0 spiro atoms. The minimum absolute atomic E-state index is 0.00556. The molecular formula is C29H30BrNO8. The lowest BCUT2D eigenvalue weighted by Gasteiger charge is -2.39. The number of aromatic nitrogens is 1. The van der Waals surface area contributed by atoms with Crippen molar-refractivity contribution < 1.29 is 38.1 Å². The topological polar surface area (TPSA) is 113 Å². The summed E-state index contributed by atoms with van der Waals surface area (Å²) in [5.41, 5.74) is 3.36. The summed E-state index contributed by atoms with van der Waals surface area (Å²) in [5, 5.41) is 0.887. The first kappa shape index (κ1) is 27.4. The molecule has 1 saturated heterocycles. The first-order chi connectivity index (χ1) is 18.5. The van der Waals surface area contributed by atoms with Gasteiger partial charge in [0, 0.05) is 59.4 Å². The van der Waals surface area contributed by atoms with Gasteiger partial charge in [0.1, 0.15) is 24.6 Å². The minimum Gasteiger partial charge on any atom is -0.491 e. The zero-order valence-electron chi connectivity index (χ0n) is 22.3. The Bertz CT molecular complexity index is 1460. The molecule has 1 aliphatic heterocycles. The van der Waals surface area contributed by atoms with E-state index in [-0.39, 0.29) is 18.8 Å². The van der Waals surface area contributed by atoms with Gasteiger partial charge in [0.05, 0.1) is 5.56 Å². The van der Waals surface area contributed by atoms with E-state index in [1.54, 1.807) is 12.1 Å². The number of nitrogens with one attached hydrogen (secondary N) is 1. The average molecular weight is 600 g/mol. The fourth-order valence-corrected chi connectivity index (χ4v) is 5.86.